The van der Waals surface area contributed by atoms with Crippen LogP contribution in [0.2, 0.25) is 5.15 Å². The molecular formula is C15H20ClN3O2. The van der Waals surface area contributed by atoms with Crippen molar-refractivity contribution in [2.45, 2.75) is 13.3 Å². The molecule has 0 bridgehead atoms. The number of halogens is 1. The van der Waals surface area contributed by atoms with E-state index in [0.29, 0.717) is 11.8 Å². The van der Waals surface area contributed by atoms with E-state index in [1.807, 2.05) is 0 Å². The molecule has 2 N–H and O–H groups in total. The summed E-state index contributed by atoms with van der Waals surface area (Å²) >= 11 is 5.93. The summed E-state index contributed by atoms with van der Waals surface area (Å²) in [4.78, 5) is 15.4. The van der Waals surface area contributed by atoms with Gasteiger partial charge in [0.05, 0.1) is 6.61 Å². The molecule has 0 spiro atoms. The van der Waals surface area contributed by atoms with E-state index in [0.717, 1.165) is 43.2 Å². The number of pyridine rings is 1. The van der Waals surface area contributed by atoms with Crippen molar-refractivity contribution in [2.75, 3.05) is 31.6 Å². The third kappa shape index (κ3) is 5.02. The number of carbonyl (C=O) groups excluding carboxylic acids is 1. The molecule has 2 rings (SSSR count). The van der Waals surface area contributed by atoms with E-state index in [1.165, 1.54) is 6.08 Å². The summed E-state index contributed by atoms with van der Waals surface area (Å²) in [6, 6.07) is 1.77. The number of hydrogen-bond acceptors (Lipinski definition) is 5. The molecule has 0 aromatic carbocycles. The minimum Gasteiger partial charge on any atom is -0.463 e. The molecule has 1 saturated heterocycles. The fraction of sp³-hybridized carbons (Fsp3) is 0.467. The zero-order chi connectivity index (χ0) is 15.1. The lowest BCUT2D eigenvalue weighted by molar-refractivity contribution is -0.137. The van der Waals surface area contributed by atoms with E-state index < -0.39 is 0 Å². The van der Waals surface area contributed by atoms with Gasteiger partial charge in [-0.15, -0.1) is 0 Å². The fourth-order valence-electron chi connectivity index (χ4n) is 2.04. The van der Waals surface area contributed by atoms with Gasteiger partial charge >= 0.3 is 5.97 Å². The normalized spacial score (nSPS) is 15.0. The van der Waals surface area contributed by atoms with Crippen LogP contribution >= 0.6 is 11.6 Å². The first-order valence-electron chi connectivity index (χ1n) is 7.14. The Balaban J connectivity index is 1.96. The smallest absolute Gasteiger partial charge is 0.330 e. The topological polar surface area (TPSA) is 63.2 Å². The van der Waals surface area contributed by atoms with Gasteiger partial charge in [0.15, 0.2) is 0 Å². The van der Waals surface area contributed by atoms with Gasteiger partial charge in [-0.2, -0.15) is 0 Å². The largest absolute Gasteiger partial charge is 0.463 e. The molecule has 1 aromatic rings. The quantitative estimate of drug-likeness (QED) is 0.460. The van der Waals surface area contributed by atoms with Crippen molar-refractivity contribution in [3.8, 4) is 0 Å². The molecule has 0 unspecified atom stereocenters. The molecule has 0 saturated carbocycles. The van der Waals surface area contributed by atoms with Gasteiger partial charge in [0.1, 0.15) is 5.15 Å². The van der Waals surface area contributed by atoms with Crippen LogP contribution in [0.1, 0.15) is 18.9 Å². The van der Waals surface area contributed by atoms with Gasteiger partial charge in [-0.3, -0.25) is 0 Å². The van der Waals surface area contributed by atoms with Crippen LogP contribution in [-0.4, -0.2) is 37.2 Å². The molecule has 2 heterocycles. The summed E-state index contributed by atoms with van der Waals surface area (Å²) in [5.74, 6) is 0.382. The number of nitrogens with zero attached hydrogens (tertiary/aromatic N) is 1. The third-order valence-corrected chi connectivity index (χ3v) is 3.53. The van der Waals surface area contributed by atoms with E-state index in [-0.39, 0.29) is 5.97 Å². The second kappa shape index (κ2) is 8.00. The van der Waals surface area contributed by atoms with Gasteiger partial charge in [-0.1, -0.05) is 11.6 Å². The first-order chi connectivity index (χ1) is 10.2. The first kappa shape index (κ1) is 15.8. The monoisotopic (exact) mass is 309 g/mol. The zero-order valence-electron chi connectivity index (χ0n) is 12.1. The predicted molar refractivity (Wildman–Crippen MR) is 84.4 cm³/mol. The number of rotatable bonds is 7. The lowest BCUT2D eigenvalue weighted by atomic mass is 9.99. The van der Waals surface area contributed by atoms with E-state index in [9.17, 15) is 4.79 Å². The van der Waals surface area contributed by atoms with Crippen LogP contribution < -0.4 is 10.6 Å². The molecule has 114 valence electrons. The molecule has 0 amide bonds. The van der Waals surface area contributed by atoms with Crippen molar-refractivity contribution >= 4 is 29.3 Å². The van der Waals surface area contributed by atoms with E-state index in [4.69, 9.17) is 16.3 Å². The number of esters is 1. The molecule has 1 aromatic heterocycles. The molecule has 0 atom stereocenters. The second-order valence-electron chi connectivity index (χ2n) is 4.92. The lowest BCUT2D eigenvalue weighted by Crippen LogP contribution is -2.42. The van der Waals surface area contributed by atoms with Gasteiger partial charge in [0, 0.05) is 30.1 Å². The summed E-state index contributed by atoms with van der Waals surface area (Å²) in [6.45, 7) is 5.19. The van der Waals surface area contributed by atoms with Gasteiger partial charge in [0.2, 0.25) is 0 Å². The molecule has 1 fully saturated rings. The van der Waals surface area contributed by atoms with Crippen molar-refractivity contribution in [1.82, 2.24) is 10.3 Å². The minimum absolute atomic E-state index is 0.362. The van der Waals surface area contributed by atoms with Gasteiger partial charge in [-0.05, 0) is 44.5 Å². The molecular weight excluding hydrogens is 290 g/mol. The highest BCUT2D eigenvalue weighted by molar-refractivity contribution is 6.29. The highest BCUT2D eigenvalue weighted by Gasteiger charge is 2.15. The maximum absolute atomic E-state index is 11.4. The predicted octanol–water partition coefficient (Wildman–Crippen LogP) is 2.33. The highest BCUT2D eigenvalue weighted by atomic mass is 35.5. The minimum atomic E-state index is -0.362. The number of carbonyl (C=O) groups is 1. The van der Waals surface area contributed by atoms with Crippen LogP contribution in [-0.2, 0) is 9.53 Å². The summed E-state index contributed by atoms with van der Waals surface area (Å²) in [5, 5.41) is 7.03. The van der Waals surface area contributed by atoms with Crippen LogP contribution in [0.15, 0.2) is 18.3 Å². The first-order valence-corrected chi connectivity index (χ1v) is 7.51. The van der Waals surface area contributed by atoms with Crippen molar-refractivity contribution in [2.24, 2.45) is 5.92 Å². The Labute approximate surface area is 129 Å². The Morgan fingerprint density at radius 2 is 2.43 bits per heavy atom. The number of anilines is 1. The standard InChI is InChI=1S/C15H20ClN3O2/c1-2-21-15(20)4-3-12-10-19-14(16)7-13(12)18-6-5-11-8-17-9-11/h3-4,7,10-11,17H,2,5-6,8-9H2,1H3,(H,18,19)/b4-3+. The summed E-state index contributed by atoms with van der Waals surface area (Å²) in [7, 11) is 0. The Bertz CT molecular complexity index is 516. The van der Waals surface area contributed by atoms with Gasteiger partial charge in [0.25, 0.3) is 0 Å². The Kier molecular flexibility index (Phi) is 6.02. The third-order valence-electron chi connectivity index (χ3n) is 3.32. The van der Waals surface area contributed by atoms with Crippen LogP contribution in [0.3, 0.4) is 0 Å². The van der Waals surface area contributed by atoms with Crippen molar-refractivity contribution in [1.29, 1.82) is 0 Å². The molecule has 0 radical (unpaired) electrons. The Morgan fingerprint density at radius 3 is 3.10 bits per heavy atom. The van der Waals surface area contributed by atoms with Gasteiger partial charge < -0.3 is 15.4 Å². The Hall–Kier alpha value is -1.59. The Morgan fingerprint density at radius 1 is 1.62 bits per heavy atom. The maximum atomic E-state index is 11.4. The fourth-order valence-corrected chi connectivity index (χ4v) is 2.20. The molecule has 21 heavy (non-hydrogen) atoms. The maximum Gasteiger partial charge on any atom is 0.330 e. The van der Waals surface area contributed by atoms with Crippen LogP contribution in [0, 0.1) is 5.92 Å². The lowest BCUT2D eigenvalue weighted by Gasteiger charge is -2.27. The number of nitrogens with one attached hydrogen (secondary N) is 2. The van der Waals surface area contributed by atoms with Crippen molar-refractivity contribution in [3.63, 3.8) is 0 Å². The molecule has 5 nitrogen and oxygen atoms in total. The molecule has 6 heteroatoms. The number of hydrogen-bond donors (Lipinski definition) is 2. The summed E-state index contributed by atoms with van der Waals surface area (Å²) in [5.41, 5.74) is 1.70. The molecule has 1 aliphatic heterocycles. The van der Waals surface area contributed by atoms with E-state index in [1.54, 1.807) is 25.3 Å². The van der Waals surface area contributed by atoms with Crippen LogP contribution in [0.4, 0.5) is 5.69 Å². The highest BCUT2D eigenvalue weighted by Crippen LogP contribution is 2.21. The number of aromatic nitrogens is 1. The number of ether oxygens (including phenoxy) is 1. The van der Waals surface area contributed by atoms with Crippen molar-refractivity contribution in [3.05, 3.63) is 29.1 Å². The van der Waals surface area contributed by atoms with E-state index in [2.05, 4.69) is 15.6 Å². The van der Waals surface area contributed by atoms with Crippen LogP contribution in [0.25, 0.3) is 6.08 Å². The average molecular weight is 310 g/mol. The van der Waals surface area contributed by atoms with Crippen molar-refractivity contribution < 1.29 is 9.53 Å². The SMILES string of the molecule is CCOC(=O)/C=C/c1cnc(Cl)cc1NCCC1CNC1. The molecule has 1 aliphatic rings. The summed E-state index contributed by atoms with van der Waals surface area (Å²) < 4.78 is 4.86. The summed E-state index contributed by atoms with van der Waals surface area (Å²) in [6.07, 6.45) is 5.84. The molecule has 0 aliphatic carbocycles. The van der Waals surface area contributed by atoms with Gasteiger partial charge in [-0.25, -0.2) is 9.78 Å². The van der Waals surface area contributed by atoms with E-state index >= 15 is 0 Å². The second-order valence-corrected chi connectivity index (χ2v) is 5.31. The average Bonchev–Trinajstić information content (AvgIpc) is 2.41. The zero-order valence-corrected chi connectivity index (χ0v) is 12.8. The van der Waals surface area contributed by atoms with Crippen LogP contribution in [0.5, 0.6) is 0 Å².